The van der Waals surface area contributed by atoms with Crippen molar-refractivity contribution in [1.29, 1.82) is 5.26 Å². The standard InChI is InChI=1S/C9H17N3/c1-2-9(6-10)12-5-3-4-8(11)7-12/h8-9H,2-5,7,11H2,1H3. The molecule has 0 aromatic rings. The van der Waals surface area contributed by atoms with Crippen LogP contribution in [0.5, 0.6) is 0 Å². The van der Waals surface area contributed by atoms with E-state index in [9.17, 15) is 0 Å². The van der Waals surface area contributed by atoms with E-state index in [0.717, 1.165) is 32.4 Å². The summed E-state index contributed by atoms with van der Waals surface area (Å²) in [6, 6.07) is 2.67. The van der Waals surface area contributed by atoms with Crippen LogP contribution in [-0.2, 0) is 0 Å². The van der Waals surface area contributed by atoms with Gasteiger partial charge in [0.2, 0.25) is 0 Å². The Labute approximate surface area is 74.1 Å². The molecule has 0 spiro atoms. The van der Waals surface area contributed by atoms with Crippen LogP contribution in [0.4, 0.5) is 0 Å². The predicted molar refractivity (Wildman–Crippen MR) is 48.5 cm³/mol. The Bertz CT molecular complexity index is 173. The molecule has 1 fully saturated rings. The number of hydrogen-bond donors (Lipinski definition) is 1. The molecule has 0 radical (unpaired) electrons. The van der Waals surface area contributed by atoms with Crippen LogP contribution in [0.15, 0.2) is 0 Å². The molecule has 0 saturated carbocycles. The summed E-state index contributed by atoms with van der Waals surface area (Å²) in [4.78, 5) is 2.20. The van der Waals surface area contributed by atoms with Crippen LogP contribution in [0.25, 0.3) is 0 Å². The predicted octanol–water partition coefficient (Wildman–Crippen LogP) is 0.712. The summed E-state index contributed by atoms with van der Waals surface area (Å²) < 4.78 is 0. The summed E-state index contributed by atoms with van der Waals surface area (Å²) in [5.41, 5.74) is 5.82. The highest BCUT2D eigenvalue weighted by Gasteiger charge is 2.22. The Morgan fingerprint density at radius 3 is 3.00 bits per heavy atom. The molecule has 0 aromatic carbocycles. The number of nitriles is 1. The largest absolute Gasteiger partial charge is 0.327 e. The first-order valence-corrected chi connectivity index (χ1v) is 4.67. The Morgan fingerprint density at radius 2 is 2.50 bits per heavy atom. The van der Waals surface area contributed by atoms with Gasteiger partial charge in [0.25, 0.3) is 0 Å². The van der Waals surface area contributed by atoms with Crippen molar-refractivity contribution in [3.8, 4) is 6.07 Å². The van der Waals surface area contributed by atoms with Crippen molar-refractivity contribution in [2.24, 2.45) is 5.73 Å². The van der Waals surface area contributed by atoms with Gasteiger partial charge in [-0.25, -0.2) is 0 Å². The van der Waals surface area contributed by atoms with E-state index in [4.69, 9.17) is 11.0 Å². The Hall–Kier alpha value is -0.590. The van der Waals surface area contributed by atoms with Crippen LogP contribution in [0, 0.1) is 11.3 Å². The molecule has 1 saturated heterocycles. The van der Waals surface area contributed by atoms with Crippen molar-refractivity contribution in [1.82, 2.24) is 4.90 Å². The van der Waals surface area contributed by atoms with E-state index in [1.54, 1.807) is 0 Å². The van der Waals surface area contributed by atoms with E-state index in [2.05, 4.69) is 11.0 Å². The number of rotatable bonds is 2. The van der Waals surface area contributed by atoms with Gasteiger partial charge in [-0.1, -0.05) is 6.92 Å². The van der Waals surface area contributed by atoms with Crippen molar-refractivity contribution in [3.05, 3.63) is 0 Å². The fourth-order valence-electron chi connectivity index (χ4n) is 1.75. The fourth-order valence-corrected chi connectivity index (χ4v) is 1.75. The van der Waals surface area contributed by atoms with Crippen LogP contribution in [-0.4, -0.2) is 30.1 Å². The molecule has 1 aliphatic heterocycles. The third kappa shape index (κ3) is 2.20. The van der Waals surface area contributed by atoms with Gasteiger partial charge in [0.1, 0.15) is 0 Å². The summed E-state index contributed by atoms with van der Waals surface area (Å²) in [6.07, 6.45) is 3.15. The van der Waals surface area contributed by atoms with E-state index < -0.39 is 0 Å². The lowest BCUT2D eigenvalue weighted by Gasteiger charge is -2.33. The second kappa shape index (κ2) is 4.44. The summed E-state index contributed by atoms with van der Waals surface area (Å²) in [5, 5.41) is 8.83. The molecular weight excluding hydrogens is 150 g/mol. The van der Waals surface area contributed by atoms with Gasteiger partial charge in [0.05, 0.1) is 12.1 Å². The zero-order valence-electron chi connectivity index (χ0n) is 7.66. The molecule has 12 heavy (non-hydrogen) atoms. The van der Waals surface area contributed by atoms with Crippen molar-refractivity contribution in [2.75, 3.05) is 13.1 Å². The van der Waals surface area contributed by atoms with Crippen LogP contribution in [0.1, 0.15) is 26.2 Å². The third-order valence-electron chi connectivity index (χ3n) is 2.47. The molecule has 1 aliphatic rings. The molecule has 2 unspecified atom stereocenters. The van der Waals surface area contributed by atoms with Crippen LogP contribution < -0.4 is 5.73 Å². The molecule has 0 aromatic heterocycles. The van der Waals surface area contributed by atoms with Gasteiger partial charge in [0.15, 0.2) is 0 Å². The number of piperidine rings is 1. The molecular formula is C9H17N3. The van der Waals surface area contributed by atoms with Crippen molar-refractivity contribution in [2.45, 2.75) is 38.3 Å². The lowest BCUT2D eigenvalue weighted by Crippen LogP contribution is -2.47. The van der Waals surface area contributed by atoms with E-state index >= 15 is 0 Å². The molecule has 1 rings (SSSR count). The van der Waals surface area contributed by atoms with Gasteiger partial charge in [-0.15, -0.1) is 0 Å². The highest BCUT2D eigenvalue weighted by Crippen LogP contribution is 2.12. The van der Waals surface area contributed by atoms with E-state index in [-0.39, 0.29) is 12.1 Å². The second-order valence-electron chi connectivity index (χ2n) is 3.45. The molecule has 68 valence electrons. The van der Waals surface area contributed by atoms with E-state index in [1.165, 1.54) is 0 Å². The molecule has 2 atom stereocenters. The Balaban J connectivity index is 2.45. The van der Waals surface area contributed by atoms with Crippen LogP contribution in [0.2, 0.25) is 0 Å². The number of likely N-dealkylation sites (tertiary alicyclic amines) is 1. The maximum absolute atomic E-state index is 8.83. The summed E-state index contributed by atoms with van der Waals surface area (Å²) in [7, 11) is 0. The van der Waals surface area contributed by atoms with Crippen LogP contribution in [0.3, 0.4) is 0 Å². The van der Waals surface area contributed by atoms with Gasteiger partial charge >= 0.3 is 0 Å². The molecule has 2 N–H and O–H groups in total. The highest BCUT2D eigenvalue weighted by atomic mass is 15.2. The molecule has 3 heteroatoms. The third-order valence-corrected chi connectivity index (χ3v) is 2.47. The first-order chi connectivity index (χ1) is 5.77. The first-order valence-electron chi connectivity index (χ1n) is 4.67. The molecule has 1 heterocycles. The Morgan fingerprint density at radius 1 is 1.75 bits per heavy atom. The zero-order chi connectivity index (χ0) is 8.97. The Kier molecular flexibility index (Phi) is 3.51. The smallest absolute Gasteiger partial charge is 0.0975 e. The first kappa shape index (κ1) is 9.50. The minimum Gasteiger partial charge on any atom is -0.327 e. The molecule has 0 bridgehead atoms. The van der Waals surface area contributed by atoms with Crippen LogP contribution >= 0.6 is 0 Å². The van der Waals surface area contributed by atoms with Gasteiger partial charge in [0, 0.05) is 12.6 Å². The van der Waals surface area contributed by atoms with E-state index in [0.29, 0.717) is 0 Å². The van der Waals surface area contributed by atoms with Gasteiger partial charge in [-0.05, 0) is 25.8 Å². The monoisotopic (exact) mass is 167 g/mol. The lowest BCUT2D eigenvalue weighted by molar-refractivity contribution is 0.175. The topological polar surface area (TPSA) is 53.0 Å². The SMILES string of the molecule is CCC(C#N)N1CCCC(N)C1. The normalized spacial score (nSPS) is 27.9. The summed E-state index contributed by atoms with van der Waals surface area (Å²) in [5.74, 6) is 0. The molecule has 0 amide bonds. The minimum atomic E-state index is 0.0800. The second-order valence-corrected chi connectivity index (χ2v) is 3.45. The van der Waals surface area contributed by atoms with Crippen molar-refractivity contribution in [3.63, 3.8) is 0 Å². The summed E-state index contributed by atoms with van der Waals surface area (Å²) in [6.45, 7) is 3.99. The van der Waals surface area contributed by atoms with Gasteiger partial charge in [-0.3, -0.25) is 4.90 Å². The molecule has 0 aliphatic carbocycles. The molecule has 3 nitrogen and oxygen atoms in total. The maximum Gasteiger partial charge on any atom is 0.0975 e. The summed E-state index contributed by atoms with van der Waals surface area (Å²) >= 11 is 0. The number of nitrogens with two attached hydrogens (primary N) is 1. The lowest BCUT2D eigenvalue weighted by atomic mass is 10.0. The van der Waals surface area contributed by atoms with Gasteiger partial charge in [-0.2, -0.15) is 5.26 Å². The average molecular weight is 167 g/mol. The van der Waals surface area contributed by atoms with Gasteiger partial charge < -0.3 is 5.73 Å². The van der Waals surface area contributed by atoms with Crippen molar-refractivity contribution >= 4 is 0 Å². The zero-order valence-corrected chi connectivity index (χ0v) is 7.66. The quantitative estimate of drug-likeness (QED) is 0.659. The number of hydrogen-bond acceptors (Lipinski definition) is 3. The maximum atomic E-state index is 8.83. The number of nitrogens with zero attached hydrogens (tertiary/aromatic N) is 2. The average Bonchev–Trinajstić information content (AvgIpc) is 2.07. The fraction of sp³-hybridized carbons (Fsp3) is 0.889. The minimum absolute atomic E-state index is 0.0800. The van der Waals surface area contributed by atoms with Crippen molar-refractivity contribution < 1.29 is 0 Å². The van der Waals surface area contributed by atoms with E-state index in [1.807, 2.05) is 6.92 Å². The highest BCUT2D eigenvalue weighted by molar-refractivity contribution is 4.93.